The molecule has 1 unspecified atom stereocenters. The third-order valence-corrected chi connectivity index (χ3v) is 8.23. The fraction of sp³-hybridized carbons (Fsp3) is 0.805. The monoisotopic (exact) mass is 617 g/mol. The quantitative estimate of drug-likeness (QED) is 0.0562. The molecule has 258 valence electrons. The van der Waals surface area contributed by atoms with E-state index in [4.69, 9.17) is 9.47 Å². The van der Waals surface area contributed by atoms with Crippen molar-refractivity contribution in [1.82, 2.24) is 0 Å². The molecule has 0 fully saturated rings. The first kappa shape index (κ1) is 42.8. The van der Waals surface area contributed by atoms with Crippen LogP contribution in [0.15, 0.2) is 48.6 Å². The van der Waals surface area contributed by atoms with E-state index >= 15 is 0 Å². The highest BCUT2D eigenvalue weighted by Crippen LogP contribution is 2.14. The van der Waals surface area contributed by atoms with Gasteiger partial charge in [-0.15, -0.1) is 0 Å². The van der Waals surface area contributed by atoms with Gasteiger partial charge in [0.2, 0.25) is 0 Å². The average molecular weight is 617 g/mol. The molecule has 0 spiro atoms. The number of unbranched alkanes of at least 4 members (excludes halogenated alkanes) is 20. The van der Waals surface area contributed by atoms with Crippen LogP contribution in [0, 0.1) is 0 Å². The molecule has 0 aromatic heterocycles. The molecule has 0 aliphatic heterocycles. The molecule has 3 nitrogen and oxygen atoms in total. The molecule has 0 aromatic rings. The van der Waals surface area contributed by atoms with E-state index in [1.54, 1.807) is 0 Å². The molecule has 3 heteroatoms. The third kappa shape index (κ3) is 37.0. The van der Waals surface area contributed by atoms with Gasteiger partial charge in [-0.25, -0.2) is 0 Å². The van der Waals surface area contributed by atoms with E-state index in [0.717, 1.165) is 51.6 Å². The molecule has 1 N–H and O–H groups in total. The van der Waals surface area contributed by atoms with Gasteiger partial charge >= 0.3 is 0 Å². The van der Waals surface area contributed by atoms with E-state index in [1.165, 1.54) is 122 Å². The van der Waals surface area contributed by atoms with Crippen molar-refractivity contribution in [3.8, 4) is 0 Å². The molecule has 0 amide bonds. The summed E-state index contributed by atoms with van der Waals surface area (Å²) in [7, 11) is 0. The Balaban J connectivity index is 3.41. The molecule has 1 atom stereocenters. The van der Waals surface area contributed by atoms with Gasteiger partial charge in [0.25, 0.3) is 0 Å². The predicted octanol–water partition coefficient (Wildman–Crippen LogP) is 12.8. The van der Waals surface area contributed by atoms with Crippen molar-refractivity contribution in [3.05, 3.63) is 48.6 Å². The van der Waals surface area contributed by atoms with Gasteiger partial charge in [0.1, 0.15) is 6.10 Å². The minimum atomic E-state index is -0.187. The predicted molar refractivity (Wildman–Crippen MR) is 196 cm³/mol. The second-order valence-corrected chi connectivity index (χ2v) is 12.6. The second-order valence-electron chi connectivity index (χ2n) is 12.6. The summed E-state index contributed by atoms with van der Waals surface area (Å²) in [5.74, 6) is 0. The Morgan fingerprint density at radius 3 is 1.25 bits per heavy atom. The van der Waals surface area contributed by atoms with E-state index in [1.807, 2.05) is 0 Å². The lowest BCUT2D eigenvalue weighted by Crippen LogP contribution is -2.24. The molecule has 0 saturated heterocycles. The van der Waals surface area contributed by atoms with Gasteiger partial charge < -0.3 is 14.6 Å². The first-order valence-corrected chi connectivity index (χ1v) is 19.2. The molecule has 0 saturated carbocycles. The summed E-state index contributed by atoms with van der Waals surface area (Å²) in [6.45, 7) is 6.56. The standard InChI is InChI=1S/C41H76O3/c1-3-5-7-9-11-13-15-17-19-21-22-24-26-28-30-32-34-36-38-44-41(39-42)40-43-37-35-33-31-29-27-25-23-20-18-16-14-12-10-8-6-4-2/h11,13,17,19,22,24,28,30,41-42H,3-10,12,14-16,18,20-21,23,25-27,29,31-40H2,1-2H3/b13-11-,19-17-,24-22-,30-28-. The van der Waals surface area contributed by atoms with Crippen molar-refractivity contribution in [2.45, 2.75) is 187 Å². The SMILES string of the molecule is CCCCC/C=C\C/C=C\C/C=C\C/C=C\CCCCOC(CO)COCCCCCCCCCCCCCCCCCC. The van der Waals surface area contributed by atoms with Gasteiger partial charge in [0.15, 0.2) is 0 Å². The molecule has 0 radical (unpaired) electrons. The maximum Gasteiger partial charge on any atom is 0.104 e. The first-order chi connectivity index (χ1) is 21.8. The number of rotatable bonds is 36. The average Bonchev–Trinajstić information content (AvgIpc) is 3.04. The van der Waals surface area contributed by atoms with Crippen LogP contribution in [0.2, 0.25) is 0 Å². The summed E-state index contributed by atoms with van der Waals surface area (Å²) >= 11 is 0. The zero-order chi connectivity index (χ0) is 31.9. The van der Waals surface area contributed by atoms with Crippen molar-refractivity contribution in [2.75, 3.05) is 26.4 Å². The summed E-state index contributed by atoms with van der Waals surface area (Å²) in [6.07, 6.45) is 51.6. The number of aliphatic hydroxyl groups is 1. The maximum atomic E-state index is 9.59. The highest BCUT2D eigenvalue weighted by molar-refractivity contribution is 4.99. The summed E-state index contributed by atoms with van der Waals surface area (Å²) in [5.41, 5.74) is 0. The van der Waals surface area contributed by atoms with E-state index in [2.05, 4.69) is 62.5 Å². The minimum absolute atomic E-state index is 0.0378. The van der Waals surface area contributed by atoms with Crippen LogP contribution in [-0.4, -0.2) is 37.6 Å². The normalized spacial score (nSPS) is 13.1. The van der Waals surface area contributed by atoms with Gasteiger partial charge in [-0.3, -0.25) is 0 Å². The van der Waals surface area contributed by atoms with E-state index in [-0.39, 0.29) is 12.7 Å². The third-order valence-electron chi connectivity index (χ3n) is 8.23. The van der Waals surface area contributed by atoms with Crippen molar-refractivity contribution in [1.29, 1.82) is 0 Å². The van der Waals surface area contributed by atoms with E-state index in [9.17, 15) is 5.11 Å². The number of allylic oxidation sites excluding steroid dienone is 8. The van der Waals surface area contributed by atoms with Crippen LogP contribution in [0.5, 0.6) is 0 Å². The fourth-order valence-corrected chi connectivity index (χ4v) is 5.30. The molecule has 0 aliphatic carbocycles. The van der Waals surface area contributed by atoms with Crippen molar-refractivity contribution in [2.24, 2.45) is 0 Å². The molecule has 0 aliphatic rings. The number of hydrogen-bond donors (Lipinski definition) is 1. The number of aliphatic hydroxyl groups excluding tert-OH is 1. The minimum Gasteiger partial charge on any atom is -0.394 e. The highest BCUT2D eigenvalue weighted by Gasteiger charge is 2.07. The van der Waals surface area contributed by atoms with Crippen LogP contribution in [0.3, 0.4) is 0 Å². The van der Waals surface area contributed by atoms with Crippen LogP contribution in [-0.2, 0) is 9.47 Å². The molecular weight excluding hydrogens is 540 g/mol. The van der Waals surface area contributed by atoms with Gasteiger partial charge in [0, 0.05) is 13.2 Å². The lowest BCUT2D eigenvalue weighted by Gasteiger charge is -2.15. The Labute approximate surface area is 276 Å². The lowest BCUT2D eigenvalue weighted by molar-refractivity contribution is -0.0436. The van der Waals surface area contributed by atoms with Gasteiger partial charge in [-0.2, -0.15) is 0 Å². The Bertz CT molecular complexity index is 636. The molecule has 0 aromatic carbocycles. The van der Waals surface area contributed by atoms with Crippen LogP contribution in [0.25, 0.3) is 0 Å². The fourth-order valence-electron chi connectivity index (χ4n) is 5.30. The van der Waals surface area contributed by atoms with Crippen molar-refractivity contribution >= 4 is 0 Å². The van der Waals surface area contributed by atoms with Crippen LogP contribution in [0.1, 0.15) is 181 Å². The van der Waals surface area contributed by atoms with Crippen molar-refractivity contribution in [3.63, 3.8) is 0 Å². The zero-order valence-electron chi connectivity index (χ0n) is 29.7. The van der Waals surface area contributed by atoms with Gasteiger partial charge in [0.05, 0.1) is 13.2 Å². The Kier molecular flexibility index (Phi) is 38.8. The highest BCUT2D eigenvalue weighted by atomic mass is 16.5. The summed E-state index contributed by atoms with van der Waals surface area (Å²) in [5, 5.41) is 9.59. The molecule has 0 bridgehead atoms. The second kappa shape index (κ2) is 39.9. The molecular formula is C41H76O3. The largest absolute Gasteiger partial charge is 0.394 e. The smallest absolute Gasteiger partial charge is 0.104 e. The molecule has 0 heterocycles. The van der Waals surface area contributed by atoms with Gasteiger partial charge in [-0.1, -0.05) is 172 Å². The van der Waals surface area contributed by atoms with E-state index in [0.29, 0.717) is 13.2 Å². The Hall–Kier alpha value is -1.16. The Morgan fingerprint density at radius 2 is 0.795 bits per heavy atom. The molecule has 0 rings (SSSR count). The van der Waals surface area contributed by atoms with E-state index < -0.39 is 0 Å². The topological polar surface area (TPSA) is 38.7 Å². The number of hydrogen-bond acceptors (Lipinski definition) is 3. The maximum absolute atomic E-state index is 9.59. The zero-order valence-corrected chi connectivity index (χ0v) is 29.7. The first-order valence-electron chi connectivity index (χ1n) is 19.2. The molecule has 44 heavy (non-hydrogen) atoms. The van der Waals surface area contributed by atoms with Crippen LogP contribution < -0.4 is 0 Å². The van der Waals surface area contributed by atoms with Crippen molar-refractivity contribution < 1.29 is 14.6 Å². The van der Waals surface area contributed by atoms with Crippen LogP contribution in [0.4, 0.5) is 0 Å². The summed E-state index contributed by atoms with van der Waals surface area (Å²) < 4.78 is 11.6. The summed E-state index contributed by atoms with van der Waals surface area (Å²) in [4.78, 5) is 0. The Morgan fingerprint density at radius 1 is 0.432 bits per heavy atom. The number of ether oxygens (including phenoxy) is 2. The van der Waals surface area contributed by atoms with Crippen LogP contribution >= 0.6 is 0 Å². The van der Waals surface area contributed by atoms with Gasteiger partial charge in [-0.05, 0) is 57.8 Å². The lowest BCUT2D eigenvalue weighted by atomic mass is 10.0. The summed E-state index contributed by atoms with van der Waals surface area (Å²) in [6, 6.07) is 0.